The lowest BCUT2D eigenvalue weighted by atomic mass is 10.1. The number of carbonyl (C=O) groups is 2. The Morgan fingerprint density at radius 2 is 2.03 bits per heavy atom. The minimum atomic E-state index is -0.868. The molecular formula is C21H21ClN2O6. The molecule has 3 rings (SSSR count). The van der Waals surface area contributed by atoms with Crippen molar-refractivity contribution in [2.75, 3.05) is 18.5 Å². The average molecular weight is 433 g/mol. The minimum Gasteiger partial charge on any atom is -0.493 e. The van der Waals surface area contributed by atoms with E-state index in [2.05, 4.69) is 5.32 Å². The summed E-state index contributed by atoms with van der Waals surface area (Å²) in [6.07, 6.45) is -0.621. The molecule has 9 heteroatoms. The number of ketones is 1. The number of carbonyl (C=O) groups excluding carboxylic acids is 2. The molecule has 1 unspecified atom stereocenters. The Bertz CT molecular complexity index is 1090. The van der Waals surface area contributed by atoms with Gasteiger partial charge in [0.2, 0.25) is 5.78 Å². The number of halogens is 1. The molecule has 0 fully saturated rings. The molecule has 1 atom stereocenters. The Hall–Kier alpha value is -3.07. The lowest BCUT2D eigenvalue weighted by molar-refractivity contribution is 0.0754. The number of aryl methyl sites for hydroxylation is 1. The normalized spacial score (nSPS) is 12.0. The maximum atomic E-state index is 13.1. The van der Waals surface area contributed by atoms with E-state index in [0.29, 0.717) is 16.7 Å². The topological polar surface area (TPSA) is 135 Å². The number of aliphatic hydroxyl groups is 2. The molecule has 0 aliphatic carbocycles. The van der Waals surface area contributed by atoms with Gasteiger partial charge in [-0.1, -0.05) is 17.7 Å². The van der Waals surface area contributed by atoms with Crippen molar-refractivity contribution in [2.24, 2.45) is 5.73 Å². The van der Waals surface area contributed by atoms with Crippen molar-refractivity contribution in [1.82, 2.24) is 0 Å². The highest BCUT2D eigenvalue weighted by molar-refractivity contribution is 6.35. The SMILES string of the molecule is Cc1ccc(C(=O)c2oc3cc(OCCC(O)CO)ccc3c2NC(N)=O)c(Cl)c1. The van der Waals surface area contributed by atoms with Crippen molar-refractivity contribution >= 4 is 40.1 Å². The largest absolute Gasteiger partial charge is 0.493 e. The van der Waals surface area contributed by atoms with E-state index < -0.39 is 17.9 Å². The van der Waals surface area contributed by atoms with Gasteiger partial charge in [0.05, 0.1) is 24.3 Å². The summed E-state index contributed by atoms with van der Waals surface area (Å²) in [5.74, 6) is -0.185. The van der Waals surface area contributed by atoms with Gasteiger partial charge in [-0.2, -0.15) is 0 Å². The number of benzene rings is 2. The second-order valence-electron chi connectivity index (χ2n) is 6.74. The van der Waals surface area contributed by atoms with Crippen molar-refractivity contribution in [3.8, 4) is 5.75 Å². The van der Waals surface area contributed by atoms with Gasteiger partial charge in [-0.05, 0) is 36.8 Å². The number of ether oxygens (including phenoxy) is 1. The summed E-state index contributed by atoms with van der Waals surface area (Å²) in [5, 5.41) is 21.4. The molecule has 0 aliphatic rings. The van der Waals surface area contributed by atoms with Gasteiger partial charge in [0.15, 0.2) is 5.76 Å². The zero-order valence-electron chi connectivity index (χ0n) is 16.1. The van der Waals surface area contributed by atoms with Gasteiger partial charge in [-0.3, -0.25) is 4.79 Å². The van der Waals surface area contributed by atoms with Crippen LogP contribution in [0.3, 0.4) is 0 Å². The van der Waals surface area contributed by atoms with Crippen molar-refractivity contribution in [3.05, 3.63) is 58.3 Å². The van der Waals surface area contributed by atoms with Crippen LogP contribution < -0.4 is 15.8 Å². The highest BCUT2D eigenvalue weighted by atomic mass is 35.5. The van der Waals surface area contributed by atoms with Gasteiger partial charge in [0, 0.05) is 23.4 Å². The van der Waals surface area contributed by atoms with Crippen LogP contribution in [0, 0.1) is 6.92 Å². The number of aliphatic hydroxyl groups excluding tert-OH is 2. The molecule has 158 valence electrons. The molecule has 2 amide bonds. The molecule has 0 aliphatic heterocycles. The van der Waals surface area contributed by atoms with E-state index in [1.165, 1.54) is 0 Å². The van der Waals surface area contributed by atoms with Crippen LogP contribution in [0.2, 0.25) is 5.02 Å². The second kappa shape index (κ2) is 9.17. The molecule has 0 radical (unpaired) electrons. The van der Waals surface area contributed by atoms with E-state index >= 15 is 0 Å². The lowest BCUT2D eigenvalue weighted by Crippen LogP contribution is -2.20. The fourth-order valence-electron chi connectivity index (χ4n) is 2.90. The van der Waals surface area contributed by atoms with E-state index in [1.54, 1.807) is 36.4 Å². The summed E-state index contributed by atoms with van der Waals surface area (Å²) in [4.78, 5) is 24.6. The summed E-state index contributed by atoms with van der Waals surface area (Å²) in [6.45, 7) is 1.67. The quantitative estimate of drug-likeness (QED) is 0.403. The van der Waals surface area contributed by atoms with Crippen LogP contribution in [0.15, 0.2) is 40.8 Å². The van der Waals surface area contributed by atoms with E-state index in [-0.39, 0.29) is 41.7 Å². The maximum Gasteiger partial charge on any atom is 0.316 e. The lowest BCUT2D eigenvalue weighted by Gasteiger charge is -2.09. The number of furan rings is 1. The Labute approximate surface area is 177 Å². The molecule has 30 heavy (non-hydrogen) atoms. The standard InChI is InChI=1S/C21H21ClN2O6/c1-11-2-4-14(16(22)8-11)19(27)20-18(24-21(23)28)15-5-3-13(9-17(15)30-20)29-7-6-12(26)10-25/h2-5,8-9,12,25-26H,6-7,10H2,1H3,(H3,23,24,28). The number of hydrogen-bond acceptors (Lipinski definition) is 6. The summed E-state index contributed by atoms with van der Waals surface area (Å²) >= 11 is 6.22. The van der Waals surface area contributed by atoms with Crippen molar-refractivity contribution in [1.29, 1.82) is 0 Å². The number of rotatable bonds is 8. The molecule has 1 heterocycles. The maximum absolute atomic E-state index is 13.1. The fraction of sp³-hybridized carbons (Fsp3) is 0.238. The molecule has 8 nitrogen and oxygen atoms in total. The monoisotopic (exact) mass is 432 g/mol. The predicted molar refractivity (Wildman–Crippen MR) is 112 cm³/mol. The number of anilines is 1. The summed E-state index contributed by atoms with van der Waals surface area (Å²) in [7, 11) is 0. The zero-order chi connectivity index (χ0) is 21.8. The second-order valence-corrected chi connectivity index (χ2v) is 7.15. The number of fused-ring (bicyclic) bond motifs is 1. The van der Waals surface area contributed by atoms with Gasteiger partial charge in [0.1, 0.15) is 17.0 Å². The van der Waals surface area contributed by atoms with Crippen LogP contribution in [0.25, 0.3) is 11.0 Å². The van der Waals surface area contributed by atoms with E-state index in [1.807, 2.05) is 6.92 Å². The molecule has 0 bridgehead atoms. The Kier molecular flexibility index (Phi) is 6.61. The molecule has 1 aromatic heterocycles. The van der Waals surface area contributed by atoms with Crippen LogP contribution >= 0.6 is 11.6 Å². The summed E-state index contributed by atoms with van der Waals surface area (Å²) in [5.41, 5.74) is 6.83. The highest BCUT2D eigenvalue weighted by Gasteiger charge is 2.25. The number of urea groups is 1. The first-order chi connectivity index (χ1) is 14.3. The van der Waals surface area contributed by atoms with Gasteiger partial charge in [-0.25, -0.2) is 4.79 Å². The minimum absolute atomic E-state index is 0.109. The Morgan fingerprint density at radius 3 is 2.70 bits per heavy atom. The number of nitrogens with one attached hydrogen (secondary N) is 1. The molecule has 0 saturated carbocycles. The van der Waals surface area contributed by atoms with Gasteiger partial charge in [-0.15, -0.1) is 0 Å². The van der Waals surface area contributed by atoms with Crippen molar-refractivity contribution in [2.45, 2.75) is 19.4 Å². The molecular weight excluding hydrogens is 412 g/mol. The highest BCUT2D eigenvalue weighted by Crippen LogP contribution is 2.35. The van der Waals surface area contributed by atoms with E-state index in [0.717, 1.165) is 5.56 Å². The molecule has 0 spiro atoms. The fourth-order valence-corrected chi connectivity index (χ4v) is 3.23. The van der Waals surface area contributed by atoms with Crippen LogP contribution in [0.5, 0.6) is 5.75 Å². The summed E-state index contributed by atoms with van der Waals surface area (Å²) < 4.78 is 11.3. The number of nitrogens with two attached hydrogens (primary N) is 1. The summed E-state index contributed by atoms with van der Waals surface area (Å²) in [6, 6.07) is 8.95. The number of amides is 2. The van der Waals surface area contributed by atoms with Crippen molar-refractivity contribution < 1.29 is 29.0 Å². The number of primary amides is 1. The van der Waals surface area contributed by atoms with Crippen LogP contribution in [-0.2, 0) is 0 Å². The van der Waals surface area contributed by atoms with E-state index in [9.17, 15) is 14.7 Å². The molecule has 3 aromatic rings. The van der Waals surface area contributed by atoms with Gasteiger partial charge in [0.25, 0.3) is 0 Å². The third-order valence-corrected chi connectivity index (χ3v) is 4.73. The predicted octanol–water partition coefficient (Wildman–Crippen LogP) is 3.24. The Morgan fingerprint density at radius 1 is 1.27 bits per heavy atom. The third kappa shape index (κ3) is 4.73. The van der Waals surface area contributed by atoms with E-state index in [4.69, 9.17) is 31.6 Å². The first-order valence-electron chi connectivity index (χ1n) is 9.15. The molecule has 0 saturated heterocycles. The zero-order valence-corrected chi connectivity index (χ0v) is 16.9. The van der Waals surface area contributed by atoms with Crippen molar-refractivity contribution in [3.63, 3.8) is 0 Å². The van der Waals surface area contributed by atoms with Crippen LogP contribution in [0.1, 0.15) is 28.1 Å². The van der Waals surface area contributed by atoms with Crippen LogP contribution in [0.4, 0.5) is 10.5 Å². The van der Waals surface area contributed by atoms with Gasteiger partial charge >= 0.3 is 6.03 Å². The third-order valence-electron chi connectivity index (χ3n) is 4.42. The molecule has 5 N–H and O–H groups in total. The first-order valence-corrected chi connectivity index (χ1v) is 9.53. The van der Waals surface area contributed by atoms with Gasteiger partial charge < -0.3 is 30.4 Å². The Balaban J connectivity index is 1.98. The first kappa shape index (κ1) is 21.6. The molecule has 2 aromatic carbocycles. The smallest absolute Gasteiger partial charge is 0.316 e. The number of hydrogen-bond donors (Lipinski definition) is 4. The average Bonchev–Trinajstić information content (AvgIpc) is 3.04. The van der Waals surface area contributed by atoms with Crippen LogP contribution in [-0.4, -0.2) is 41.3 Å².